The summed E-state index contributed by atoms with van der Waals surface area (Å²) in [5, 5.41) is 0. The van der Waals surface area contributed by atoms with Crippen molar-refractivity contribution in [2.45, 2.75) is 37.9 Å². The van der Waals surface area contributed by atoms with E-state index in [1.807, 2.05) is 12.3 Å². The molecule has 98 valence electrons. The molecule has 1 aromatic rings. The van der Waals surface area contributed by atoms with E-state index in [0.717, 1.165) is 24.8 Å². The molecule has 0 amide bonds. The summed E-state index contributed by atoms with van der Waals surface area (Å²) in [6.45, 7) is 2.77. The summed E-state index contributed by atoms with van der Waals surface area (Å²) in [6.07, 6.45) is 5.79. The van der Waals surface area contributed by atoms with Crippen LogP contribution in [-0.2, 0) is 6.54 Å². The summed E-state index contributed by atoms with van der Waals surface area (Å²) in [4.78, 5) is 9.45. The molecule has 0 saturated carbocycles. The molecule has 2 saturated heterocycles. The topological polar surface area (TPSA) is 45.4 Å². The van der Waals surface area contributed by atoms with Crippen LogP contribution in [0, 0.1) is 0 Å². The first-order chi connectivity index (χ1) is 8.79. The van der Waals surface area contributed by atoms with Crippen molar-refractivity contribution in [2.75, 3.05) is 25.0 Å². The van der Waals surface area contributed by atoms with Gasteiger partial charge in [0.25, 0.3) is 0 Å². The highest BCUT2D eigenvalue weighted by atomic mass is 15.3. The normalized spacial score (nSPS) is 28.4. The van der Waals surface area contributed by atoms with E-state index in [4.69, 9.17) is 5.73 Å². The highest BCUT2D eigenvalue weighted by molar-refractivity contribution is 5.51. The quantitative estimate of drug-likeness (QED) is 0.852. The minimum absolute atomic E-state index is 0.524. The van der Waals surface area contributed by atoms with Gasteiger partial charge in [0.15, 0.2) is 0 Å². The number of anilines is 1. The SMILES string of the molecule is CN1C2CCC1CN(c1cccnc1CN)CC2. The molecule has 0 aliphatic carbocycles. The lowest BCUT2D eigenvalue weighted by molar-refractivity contribution is 0.254. The Morgan fingerprint density at radius 3 is 3.00 bits per heavy atom. The Kier molecular flexibility index (Phi) is 3.22. The molecular weight excluding hydrogens is 224 g/mol. The molecule has 2 fully saturated rings. The lowest BCUT2D eigenvalue weighted by Gasteiger charge is -2.28. The first kappa shape index (κ1) is 11.9. The van der Waals surface area contributed by atoms with E-state index >= 15 is 0 Å². The van der Waals surface area contributed by atoms with Gasteiger partial charge in [-0.3, -0.25) is 9.88 Å². The second-order valence-electron chi connectivity index (χ2n) is 5.46. The van der Waals surface area contributed by atoms with Gasteiger partial charge in [0.05, 0.1) is 11.4 Å². The van der Waals surface area contributed by atoms with Crippen LogP contribution in [-0.4, -0.2) is 42.1 Å². The van der Waals surface area contributed by atoms with Crippen LogP contribution in [0.4, 0.5) is 5.69 Å². The fourth-order valence-electron chi connectivity index (χ4n) is 3.40. The summed E-state index contributed by atoms with van der Waals surface area (Å²) < 4.78 is 0. The van der Waals surface area contributed by atoms with Crippen LogP contribution in [0.25, 0.3) is 0 Å². The third-order valence-electron chi connectivity index (χ3n) is 4.55. The predicted molar refractivity (Wildman–Crippen MR) is 73.5 cm³/mol. The molecule has 3 heterocycles. The van der Waals surface area contributed by atoms with Crippen LogP contribution in [0.1, 0.15) is 25.0 Å². The molecule has 4 heteroatoms. The minimum Gasteiger partial charge on any atom is -0.368 e. The minimum atomic E-state index is 0.524. The second-order valence-corrected chi connectivity index (χ2v) is 5.46. The van der Waals surface area contributed by atoms with E-state index < -0.39 is 0 Å². The number of hydrogen-bond acceptors (Lipinski definition) is 4. The number of pyridine rings is 1. The van der Waals surface area contributed by atoms with Gasteiger partial charge in [0.1, 0.15) is 0 Å². The Balaban J connectivity index is 1.84. The number of nitrogens with two attached hydrogens (primary N) is 1. The number of likely N-dealkylation sites (N-methyl/N-ethyl adjacent to an activating group) is 1. The highest BCUT2D eigenvalue weighted by Gasteiger charge is 2.34. The zero-order valence-electron chi connectivity index (χ0n) is 11.0. The van der Waals surface area contributed by atoms with Crippen molar-refractivity contribution in [3.05, 3.63) is 24.0 Å². The van der Waals surface area contributed by atoms with Gasteiger partial charge in [-0.15, -0.1) is 0 Å². The molecule has 4 nitrogen and oxygen atoms in total. The smallest absolute Gasteiger partial charge is 0.0772 e. The molecule has 2 bridgehead atoms. The molecule has 2 aliphatic rings. The van der Waals surface area contributed by atoms with Crippen molar-refractivity contribution >= 4 is 5.69 Å². The van der Waals surface area contributed by atoms with Crippen molar-refractivity contribution < 1.29 is 0 Å². The van der Waals surface area contributed by atoms with Crippen molar-refractivity contribution in [2.24, 2.45) is 5.73 Å². The van der Waals surface area contributed by atoms with E-state index in [0.29, 0.717) is 12.6 Å². The fraction of sp³-hybridized carbons (Fsp3) is 0.643. The molecule has 2 unspecified atom stereocenters. The second kappa shape index (κ2) is 4.86. The summed E-state index contributed by atoms with van der Waals surface area (Å²) >= 11 is 0. The first-order valence-corrected chi connectivity index (χ1v) is 6.90. The number of aromatic nitrogens is 1. The molecule has 0 aromatic carbocycles. The van der Waals surface area contributed by atoms with E-state index in [1.54, 1.807) is 0 Å². The maximum absolute atomic E-state index is 5.80. The lowest BCUT2D eigenvalue weighted by Crippen LogP contribution is -2.37. The zero-order valence-corrected chi connectivity index (χ0v) is 11.0. The highest BCUT2D eigenvalue weighted by Crippen LogP contribution is 2.31. The van der Waals surface area contributed by atoms with Gasteiger partial charge in [-0.1, -0.05) is 0 Å². The molecule has 2 aliphatic heterocycles. The third-order valence-corrected chi connectivity index (χ3v) is 4.55. The van der Waals surface area contributed by atoms with Gasteiger partial charge in [-0.2, -0.15) is 0 Å². The Labute approximate surface area is 109 Å². The fourth-order valence-corrected chi connectivity index (χ4v) is 3.40. The summed E-state index contributed by atoms with van der Waals surface area (Å²) in [5.74, 6) is 0. The first-order valence-electron chi connectivity index (χ1n) is 6.90. The molecule has 18 heavy (non-hydrogen) atoms. The monoisotopic (exact) mass is 246 g/mol. The number of hydrogen-bond donors (Lipinski definition) is 1. The van der Waals surface area contributed by atoms with E-state index in [2.05, 4.69) is 27.9 Å². The van der Waals surface area contributed by atoms with Gasteiger partial charge < -0.3 is 10.6 Å². The molecule has 3 rings (SSSR count). The van der Waals surface area contributed by atoms with E-state index in [-0.39, 0.29) is 0 Å². The van der Waals surface area contributed by atoms with Crippen molar-refractivity contribution in [1.29, 1.82) is 0 Å². The Hall–Kier alpha value is -1.13. The average Bonchev–Trinajstić information content (AvgIpc) is 2.63. The van der Waals surface area contributed by atoms with Crippen molar-refractivity contribution in [3.63, 3.8) is 0 Å². The van der Waals surface area contributed by atoms with Crippen LogP contribution in [0.3, 0.4) is 0 Å². The molecule has 1 aromatic heterocycles. The van der Waals surface area contributed by atoms with Gasteiger partial charge in [-0.05, 0) is 38.4 Å². The number of nitrogens with zero attached hydrogens (tertiary/aromatic N) is 3. The molecule has 0 spiro atoms. The zero-order chi connectivity index (χ0) is 12.5. The standard InChI is InChI=1S/C14H22N4/c1-17-11-4-5-12(17)10-18(8-6-11)14-3-2-7-16-13(14)9-15/h2-3,7,11-12H,4-6,8-10,15H2,1H3. The van der Waals surface area contributed by atoms with E-state index in [1.165, 1.54) is 24.9 Å². The van der Waals surface area contributed by atoms with Crippen LogP contribution in [0.2, 0.25) is 0 Å². The summed E-state index contributed by atoms with van der Waals surface area (Å²) in [5.41, 5.74) is 8.06. The molecule has 2 N–H and O–H groups in total. The third kappa shape index (κ3) is 1.99. The van der Waals surface area contributed by atoms with Gasteiger partial charge >= 0.3 is 0 Å². The van der Waals surface area contributed by atoms with Crippen LogP contribution < -0.4 is 10.6 Å². The molecular formula is C14H22N4. The Morgan fingerprint density at radius 1 is 1.33 bits per heavy atom. The largest absolute Gasteiger partial charge is 0.368 e. The lowest BCUT2D eigenvalue weighted by atomic mass is 10.1. The van der Waals surface area contributed by atoms with Crippen LogP contribution >= 0.6 is 0 Å². The average molecular weight is 246 g/mol. The molecule has 0 radical (unpaired) electrons. The van der Waals surface area contributed by atoms with Crippen molar-refractivity contribution in [3.8, 4) is 0 Å². The van der Waals surface area contributed by atoms with Gasteiger partial charge in [0.2, 0.25) is 0 Å². The maximum atomic E-state index is 5.80. The molecule has 2 atom stereocenters. The van der Waals surface area contributed by atoms with Crippen molar-refractivity contribution in [1.82, 2.24) is 9.88 Å². The van der Waals surface area contributed by atoms with Crippen LogP contribution in [0.15, 0.2) is 18.3 Å². The number of rotatable bonds is 2. The Morgan fingerprint density at radius 2 is 2.17 bits per heavy atom. The summed E-state index contributed by atoms with van der Waals surface area (Å²) in [7, 11) is 2.28. The van der Waals surface area contributed by atoms with Gasteiger partial charge in [-0.25, -0.2) is 0 Å². The van der Waals surface area contributed by atoms with Crippen LogP contribution in [0.5, 0.6) is 0 Å². The number of fused-ring (bicyclic) bond motifs is 2. The Bertz CT molecular complexity index is 420. The summed E-state index contributed by atoms with van der Waals surface area (Å²) in [6, 6.07) is 5.65. The predicted octanol–water partition coefficient (Wildman–Crippen LogP) is 1.21. The van der Waals surface area contributed by atoms with Gasteiger partial charge in [0, 0.05) is 37.9 Å². The van der Waals surface area contributed by atoms with E-state index in [9.17, 15) is 0 Å². The maximum Gasteiger partial charge on any atom is 0.0772 e.